The van der Waals surface area contributed by atoms with Gasteiger partial charge in [-0.25, -0.2) is 0 Å². The van der Waals surface area contributed by atoms with Gasteiger partial charge >= 0.3 is 0 Å². The highest BCUT2D eigenvalue weighted by molar-refractivity contribution is 7.80. The molecule has 2 N–H and O–H groups in total. The van der Waals surface area contributed by atoms with E-state index in [0.717, 1.165) is 24.3 Å². The average molecular weight is 460 g/mol. The minimum Gasteiger partial charge on any atom is -0.494 e. The summed E-state index contributed by atoms with van der Waals surface area (Å²) in [4.78, 5) is 2.31. The number of nitrogens with one attached hydrogen (secondary N) is 2. The first-order valence-corrected chi connectivity index (χ1v) is 11.7. The van der Waals surface area contributed by atoms with Gasteiger partial charge < -0.3 is 20.3 Å². The molecule has 31 heavy (non-hydrogen) atoms. The van der Waals surface area contributed by atoms with Gasteiger partial charge in [-0.1, -0.05) is 35.9 Å². The van der Waals surface area contributed by atoms with Gasteiger partial charge in [-0.15, -0.1) is 0 Å². The number of nitrogens with zero attached hydrogens (tertiary/aromatic N) is 1. The molecule has 1 aliphatic heterocycles. The second-order valence-corrected chi connectivity index (χ2v) is 10.4. The lowest BCUT2D eigenvalue weighted by atomic mass is 9.79. The van der Waals surface area contributed by atoms with Crippen molar-refractivity contribution in [2.75, 3.05) is 11.9 Å². The number of para-hydroxylation sites is 1. The molecule has 1 saturated heterocycles. The molecule has 6 heteroatoms. The molecule has 1 aliphatic rings. The summed E-state index contributed by atoms with van der Waals surface area (Å²) < 4.78 is 5.72. The summed E-state index contributed by atoms with van der Waals surface area (Å²) in [5.74, 6) is 0.885. The molecule has 0 atom stereocenters. The zero-order valence-corrected chi connectivity index (χ0v) is 20.7. The molecule has 0 aliphatic carbocycles. The van der Waals surface area contributed by atoms with Crippen LogP contribution in [0.1, 0.15) is 53.0 Å². The zero-order valence-electron chi connectivity index (χ0n) is 19.2. The van der Waals surface area contributed by atoms with E-state index in [9.17, 15) is 0 Å². The van der Waals surface area contributed by atoms with Gasteiger partial charge in [0.2, 0.25) is 0 Å². The van der Waals surface area contributed by atoms with Gasteiger partial charge in [-0.2, -0.15) is 0 Å². The first-order chi connectivity index (χ1) is 14.6. The number of hydrogen-bond donors (Lipinski definition) is 2. The van der Waals surface area contributed by atoms with Crippen molar-refractivity contribution in [2.45, 2.75) is 71.1 Å². The van der Waals surface area contributed by atoms with Crippen molar-refractivity contribution in [2.24, 2.45) is 0 Å². The minimum absolute atomic E-state index is 0.0117. The van der Waals surface area contributed by atoms with Gasteiger partial charge in [0.15, 0.2) is 5.11 Å². The van der Waals surface area contributed by atoms with E-state index in [1.54, 1.807) is 0 Å². The Kier molecular flexibility index (Phi) is 7.51. The van der Waals surface area contributed by atoms with Crippen LogP contribution in [-0.4, -0.2) is 33.7 Å². The fourth-order valence-corrected chi connectivity index (χ4v) is 5.21. The van der Waals surface area contributed by atoms with E-state index < -0.39 is 0 Å². The lowest BCUT2D eigenvalue weighted by Crippen LogP contribution is -2.63. The fraction of sp³-hybridized carbons (Fsp3) is 0.480. The molecule has 0 unspecified atom stereocenters. The molecule has 2 aromatic rings. The van der Waals surface area contributed by atoms with Crippen LogP contribution < -0.4 is 15.4 Å². The van der Waals surface area contributed by atoms with Crippen LogP contribution in [0.5, 0.6) is 5.75 Å². The summed E-state index contributed by atoms with van der Waals surface area (Å²) in [7, 11) is 0. The predicted octanol–water partition coefficient (Wildman–Crippen LogP) is 6.25. The van der Waals surface area contributed by atoms with Crippen LogP contribution in [0.4, 0.5) is 5.69 Å². The Balaban J connectivity index is 1.90. The Morgan fingerprint density at radius 3 is 2.45 bits per heavy atom. The van der Waals surface area contributed by atoms with E-state index in [1.165, 1.54) is 5.56 Å². The minimum atomic E-state index is 0.0117. The van der Waals surface area contributed by atoms with Gasteiger partial charge in [0.1, 0.15) is 5.75 Å². The van der Waals surface area contributed by atoms with E-state index in [0.29, 0.717) is 23.3 Å². The quantitative estimate of drug-likeness (QED) is 0.499. The highest BCUT2D eigenvalue weighted by Gasteiger charge is 2.40. The molecular formula is C25H34ClN3OS. The number of thiocarbonyl (C=S) groups is 1. The van der Waals surface area contributed by atoms with Crippen molar-refractivity contribution in [1.82, 2.24) is 10.2 Å². The maximum absolute atomic E-state index is 6.40. The van der Waals surface area contributed by atoms with E-state index in [4.69, 9.17) is 28.6 Å². The fourth-order valence-electron chi connectivity index (χ4n) is 4.70. The van der Waals surface area contributed by atoms with E-state index in [2.05, 4.69) is 55.4 Å². The second-order valence-electron chi connectivity index (χ2n) is 9.57. The highest BCUT2D eigenvalue weighted by Crippen LogP contribution is 2.33. The Bertz CT molecular complexity index is 899. The summed E-state index contributed by atoms with van der Waals surface area (Å²) in [5.41, 5.74) is 2.02. The second kappa shape index (κ2) is 9.76. The summed E-state index contributed by atoms with van der Waals surface area (Å²) in [6.45, 7) is 12.4. The lowest BCUT2D eigenvalue weighted by Gasteiger charge is -2.50. The zero-order chi connectivity index (χ0) is 22.6. The Labute approximate surface area is 197 Å². The van der Waals surface area contributed by atoms with Gasteiger partial charge in [0.05, 0.1) is 17.3 Å². The third-order valence-electron chi connectivity index (χ3n) is 5.55. The Hall–Kier alpha value is -1.82. The molecule has 0 amide bonds. The normalized spacial score (nSPS) is 17.7. The number of benzene rings is 2. The summed E-state index contributed by atoms with van der Waals surface area (Å²) in [6, 6.07) is 16.3. The number of hydrogen-bond acceptors (Lipinski definition) is 3. The largest absolute Gasteiger partial charge is 0.494 e. The standard InChI is InChI=1S/C25H34ClN3OS/c1-6-30-20-11-9-10-18(14-20)17-29(19-15-24(2,3)28-25(4,5)16-19)23(31)27-22-13-8-7-12-21(22)26/h7-14,19,28H,6,15-17H2,1-5H3,(H,27,31). The average Bonchev–Trinajstić information content (AvgIpc) is 2.66. The first kappa shape index (κ1) is 23.8. The van der Waals surface area contributed by atoms with Crippen molar-refractivity contribution >= 4 is 34.6 Å². The Morgan fingerprint density at radius 1 is 1.13 bits per heavy atom. The van der Waals surface area contributed by atoms with Gasteiger partial charge in [-0.3, -0.25) is 0 Å². The van der Waals surface area contributed by atoms with Crippen LogP contribution in [0.15, 0.2) is 48.5 Å². The van der Waals surface area contributed by atoms with Crippen LogP contribution in [0.2, 0.25) is 5.02 Å². The lowest BCUT2D eigenvalue weighted by molar-refractivity contribution is 0.101. The monoisotopic (exact) mass is 459 g/mol. The first-order valence-electron chi connectivity index (χ1n) is 10.9. The molecule has 2 aromatic carbocycles. The number of ether oxygens (including phenoxy) is 1. The third kappa shape index (κ3) is 6.58. The number of anilines is 1. The van der Waals surface area contributed by atoms with Crippen LogP contribution in [0, 0.1) is 0 Å². The van der Waals surface area contributed by atoms with Crippen molar-refractivity contribution in [1.29, 1.82) is 0 Å². The number of halogens is 1. The molecule has 0 spiro atoms. The third-order valence-corrected chi connectivity index (χ3v) is 6.21. The molecule has 168 valence electrons. The van der Waals surface area contributed by atoms with Crippen LogP contribution >= 0.6 is 23.8 Å². The van der Waals surface area contributed by atoms with Gasteiger partial charge in [0.25, 0.3) is 0 Å². The van der Waals surface area contributed by atoms with E-state index in [-0.39, 0.29) is 17.1 Å². The summed E-state index contributed by atoms with van der Waals surface area (Å²) >= 11 is 12.3. The molecule has 3 rings (SSSR count). The van der Waals surface area contributed by atoms with Crippen LogP contribution in [-0.2, 0) is 6.54 Å². The molecule has 1 fully saturated rings. The van der Waals surface area contributed by atoms with E-state index in [1.807, 2.05) is 43.3 Å². The maximum atomic E-state index is 6.40. The molecule has 0 bridgehead atoms. The van der Waals surface area contributed by atoms with Crippen molar-refractivity contribution in [3.63, 3.8) is 0 Å². The van der Waals surface area contributed by atoms with Gasteiger partial charge in [-0.05, 0) is 89.5 Å². The van der Waals surface area contributed by atoms with Crippen molar-refractivity contribution in [3.8, 4) is 5.75 Å². The molecular weight excluding hydrogens is 426 g/mol. The maximum Gasteiger partial charge on any atom is 0.174 e. The summed E-state index contributed by atoms with van der Waals surface area (Å²) in [6.07, 6.45) is 1.98. The summed E-state index contributed by atoms with van der Waals surface area (Å²) in [5, 5.41) is 8.52. The molecule has 1 heterocycles. The molecule has 0 radical (unpaired) electrons. The van der Waals surface area contributed by atoms with Crippen molar-refractivity contribution < 1.29 is 4.74 Å². The smallest absolute Gasteiger partial charge is 0.174 e. The number of rotatable bonds is 6. The predicted molar refractivity (Wildman–Crippen MR) is 135 cm³/mol. The SMILES string of the molecule is CCOc1cccc(CN(C(=S)Nc2ccccc2Cl)C2CC(C)(C)NC(C)(C)C2)c1. The topological polar surface area (TPSA) is 36.5 Å². The highest BCUT2D eigenvalue weighted by atomic mass is 35.5. The molecule has 4 nitrogen and oxygen atoms in total. The van der Waals surface area contributed by atoms with Crippen LogP contribution in [0.25, 0.3) is 0 Å². The molecule has 0 saturated carbocycles. The number of piperidine rings is 1. The van der Waals surface area contributed by atoms with Crippen LogP contribution in [0.3, 0.4) is 0 Å². The Morgan fingerprint density at radius 2 is 1.81 bits per heavy atom. The van der Waals surface area contributed by atoms with E-state index >= 15 is 0 Å². The molecule has 0 aromatic heterocycles. The van der Waals surface area contributed by atoms with Gasteiger partial charge in [0, 0.05) is 23.7 Å². The van der Waals surface area contributed by atoms with Crippen molar-refractivity contribution in [3.05, 3.63) is 59.1 Å².